The van der Waals surface area contributed by atoms with E-state index >= 15 is 0 Å². The van der Waals surface area contributed by atoms with Gasteiger partial charge in [0.05, 0.1) is 17.6 Å². The molecule has 1 aromatic heterocycles. The van der Waals surface area contributed by atoms with Crippen LogP contribution in [0.4, 0.5) is 5.69 Å². The molecule has 0 unspecified atom stereocenters. The van der Waals surface area contributed by atoms with Crippen molar-refractivity contribution in [2.24, 2.45) is 11.3 Å². The van der Waals surface area contributed by atoms with Gasteiger partial charge in [-0.25, -0.2) is 8.42 Å². The monoisotopic (exact) mass is 479 g/mol. The molecule has 1 saturated heterocycles. The van der Waals surface area contributed by atoms with Crippen molar-refractivity contribution in [1.29, 1.82) is 0 Å². The van der Waals surface area contributed by atoms with Crippen molar-refractivity contribution in [1.82, 2.24) is 0 Å². The summed E-state index contributed by atoms with van der Waals surface area (Å²) in [6.07, 6.45) is -0.512. The Morgan fingerprint density at radius 1 is 0.941 bits per heavy atom. The van der Waals surface area contributed by atoms with Gasteiger partial charge in [-0.2, -0.15) is 0 Å². The molecule has 0 spiro atoms. The topological polar surface area (TPSA) is 77.8 Å². The predicted molar refractivity (Wildman–Crippen MR) is 133 cm³/mol. The van der Waals surface area contributed by atoms with E-state index in [1.54, 1.807) is 36.4 Å². The van der Waals surface area contributed by atoms with Crippen molar-refractivity contribution in [3.8, 4) is 0 Å². The maximum atomic E-state index is 13.2. The SMILES string of the molecule is CC(C)[C@H]1O[C@H](c2cccc(NS(=O)(=O)c3ccc4oc5ccccc5c4c3)c2)OCC1(C)C. The average Bonchev–Trinajstić information content (AvgIpc) is 3.16. The van der Waals surface area contributed by atoms with Crippen LogP contribution in [0.2, 0.25) is 0 Å². The second-order valence-corrected chi connectivity index (χ2v) is 11.6. The van der Waals surface area contributed by atoms with E-state index in [2.05, 4.69) is 32.4 Å². The molecule has 0 aliphatic carbocycles. The van der Waals surface area contributed by atoms with Gasteiger partial charge in [0.15, 0.2) is 6.29 Å². The summed E-state index contributed by atoms with van der Waals surface area (Å²) in [6.45, 7) is 9.12. The Labute approximate surface area is 199 Å². The van der Waals surface area contributed by atoms with Gasteiger partial charge in [0.1, 0.15) is 11.2 Å². The van der Waals surface area contributed by atoms with Crippen LogP contribution >= 0.6 is 0 Å². The van der Waals surface area contributed by atoms with E-state index in [0.717, 1.165) is 21.9 Å². The molecule has 7 heteroatoms. The normalized spacial score (nSPS) is 20.7. The summed E-state index contributed by atoms with van der Waals surface area (Å²) in [7, 11) is -3.81. The Balaban J connectivity index is 1.41. The molecule has 1 aliphatic rings. The lowest BCUT2D eigenvalue weighted by Gasteiger charge is -2.44. The molecule has 4 aromatic rings. The Bertz CT molecular complexity index is 1450. The van der Waals surface area contributed by atoms with Gasteiger partial charge in [0.2, 0.25) is 0 Å². The molecular formula is C27H29NO5S. The van der Waals surface area contributed by atoms with E-state index in [1.165, 1.54) is 0 Å². The minimum Gasteiger partial charge on any atom is -0.456 e. The molecule has 1 N–H and O–H groups in total. The Morgan fingerprint density at radius 2 is 1.71 bits per heavy atom. The van der Waals surface area contributed by atoms with Crippen LogP contribution in [0.1, 0.15) is 39.5 Å². The number of nitrogens with one attached hydrogen (secondary N) is 1. The van der Waals surface area contributed by atoms with E-state index in [4.69, 9.17) is 13.9 Å². The van der Waals surface area contributed by atoms with E-state index in [0.29, 0.717) is 23.8 Å². The van der Waals surface area contributed by atoms with Crippen molar-refractivity contribution < 1.29 is 22.3 Å². The second-order valence-electron chi connectivity index (χ2n) is 9.92. The van der Waals surface area contributed by atoms with Crippen LogP contribution in [0.3, 0.4) is 0 Å². The molecule has 0 saturated carbocycles. The van der Waals surface area contributed by atoms with Crippen LogP contribution < -0.4 is 4.72 Å². The number of rotatable bonds is 5. The summed E-state index contributed by atoms with van der Waals surface area (Å²) >= 11 is 0. The number of anilines is 1. The lowest BCUT2D eigenvalue weighted by atomic mass is 9.80. The van der Waals surface area contributed by atoms with Crippen molar-refractivity contribution >= 4 is 37.6 Å². The fourth-order valence-electron chi connectivity index (χ4n) is 4.80. The molecule has 1 aliphatic heterocycles. The standard InChI is InChI=1S/C27H29NO5S/c1-17(2)25-27(3,4)16-31-26(33-25)18-8-7-9-19(14-18)28-34(29,30)20-12-13-24-22(15-20)21-10-5-6-11-23(21)32-24/h5-15,17,25-26,28H,16H2,1-4H3/t25-,26-/m1/s1. The fourth-order valence-corrected chi connectivity index (χ4v) is 5.87. The summed E-state index contributed by atoms with van der Waals surface area (Å²) in [5.41, 5.74) is 2.50. The first kappa shape index (κ1) is 22.9. The van der Waals surface area contributed by atoms with Crippen LogP contribution in [0.5, 0.6) is 0 Å². The number of ether oxygens (including phenoxy) is 2. The van der Waals surface area contributed by atoms with Crippen molar-refractivity contribution in [2.45, 2.75) is 45.0 Å². The summed E-state index contributed by atoms with van der Waals surface area (Å²) in [5.74, 6) is 0.331. The van der Waals surface area contributed by atoms with Gasteiger partial charge in [-0.1, -0.05) is 58.0 Å². The Hall–Kier alpha value is -2.87. The molecule has 178 valence electrons. The number of hydrogen-bond acceptors (Lipinski definition) is 5. The van der Waals surface area contributed by atoms with Crippen LogP contribution in [-0.4, -0.2) is 21.1 Å². The largest absolute Gasteiger partial charge is 0.456 e. The lowest BCUT2D eigenvalue weighted by molar-refractivity contribution is -0.274. The zero-order valence-corrected chi connectivity index (χ0v) is 20.6. The highest BCUT2D eigenvalue weighted by Gasteiger charge is 2.40. The average molecular weight is 480 g/mol. The van der Waals surface area contributed by atoms with E-state index < -0.39 is 16.3 Å². The van der Waals surface area contributed by atoms with E-state index in [1.807, 2.05) is 30.3 Å². The van der Waals surface area contributed by atoms with Gasteiger partial charge < -0.3 is 13.9 Å². The third-order valence-corrected chi connectivity index (χ3v) is 7.70. The first-order chi connectivity index (χ1) is 16.1. The molecule has 6 nitrogen and oxygen atoms in total. The van der Waals surface area contributed by atoms with Gasteiger partial charge in [0.25, 0.3) is 10.0 Å². The smallest absolute Gasteiger partial charge is 0.261 e. The number of furan rings is 1. The summed E-state index contributed by atoms with van der Waals surface area (Å²) < 4.78 is 47.2. The first-order valence-electron chi connectivity index (χ1n) is 11.5. The zero-order valence-electron chi connectivity index (χ0n) is 19.7. The number of fused-ring (bicyclic) bond motifs is 3. The highest BCUT2D eigenvalue weighted by Crippen LogP contribution is 2.40. The number of hydrogen-bond donors (Lipinski definition) is 1. The predicted octanol–water partition coefficient (Wildman–Crippen LogP) is 6.48. The van der Waals surface area contributed by atoms with Gasteiger partial charge >= 0.3 is 0 Å². The Kier molecular flexibility index (Phi) is 5.67. The minimum absolute atomic E-state index is 0.0307. The molecule has 0 bridgehead atoms. The molecule has 0 amide bonds. The van der Waals surface area contributed by atoms with Gasteiger partial charge in [-0.15, -0.1) is 0 Å². The lowest BCUT2D eigenvalue weighted by Crippen LogP contribution is -2.45. The molecule has 5 rings (SSSR count). The number of benzene rings is 3. The minimum atomic E-state index is -3.81. The molecule has 2 atom stereocenters. The third-order valence-electron chi connectivity index (χ3n) is 6.32. The van der Waals surface area contributed by atoms with E-state index in [9.17, 15) is 8.42 Å². The highest BCUT2D eigenvalue weighted by atomic mass is 32.2. The summed E-state index contributed by atoms with van der Waals surface area (Å²) in [6, 6.07) is 19.7. The van der Waals surface area contributed by atoms with E-state index in [-0.39, 0.29) is 16.4 Å². The molecule has 1 fully saturated rings. The van der Waals surface area contributed by atoms with Crippen molar-refractivity contribution in [3.63, 3.8) is 0 Å². The molecule has 0 radical (unpaired) electrons. The number of sulfonamides is 1. The molecule has 3 aromatic carbocycles. The van der Waals surface area contributed by atoms with Crippen LogP contribution in [0.15, 0.2) is 76.0 Å². The first-order valence-corrected chi connectivity index (χ1v) is 12.9. The quantitative estimate of drug-likeness (QED) is 0.354. The molecular weight excluding hydrogens is 450 g/mol. The second kappa shape index (κ2) is 8.41. The maximum absolute atomic E-state index is 13.2. The van der Waals surface area contributed by atoms with Crippen LogP contribution in [0.25, 0.3) is 21.9 Å². The maximum Gasteiger partial charge on any atom is 0.261 e. The van der Waals surface area contributed by atoms with Gasteiger partial charge in [-0.05, 0) is 42.3 Å². The molecule has 34 heavy (non-hydrogen) atoms. The molecule has 2 heterocycles. The van der Waals surface area contributed by atoms with Gasteiger partial charge in [0, 0.05) is 27.4 Å². The number of para-hydroxylation sites is 1. The third kappa shape index (κ3) is 4.19. The Morgan fingerprint density at radius 3 is 2.50 bits per heavy atom. The summed E-state index contributed by atoms with van der Waals surface area (Å²) in [4.78, 5) is 0.170. The van der Waals surface area contributed by atoms with Crippen molar-refractivity contribution in [2.75, 3.05) is 11.3 Å². The zero-order chi connectivity index (χ0) is 24.1. The summed E-state index contributed by atoms with van der Waals surface area (Å²) in [5, 5.41) is 1.64. The van der Waals surface area contributed by atoms with Gasteiger partial charge in [-0.3, -0.25) is 4.72 Å². The van der Waals surface area contributed by atoms with Crippen LogP contribution in [0, 0.1) is 11.3 Å². The van der Waals surface area contributed by atoms with Crippen LogP contribution in [-0.2, 0) is 19.5 Å². The van der Waals surface area contributed by atoms with Crippen molar-refractivity contribution in [3.05, 3.63) is 72.3 Å². The fraction of sp³-hybridized carbons (Fsp3) is 0.333. The highest BCUT2D eigenvalue weighted by molar-refractivity contribution is 7.92.